The summed E-state index contributed by atoms with van der Waals surface area (Å²) in [6.45, 7) is 6.28. The van der Waals surface area contributed by atoms with E-state index in [9.17, 15) is 0 Å². The number of nitrogens with one attached hydrogen (secondary N) is 1. The highest BCUT2D eigenvalue weighted by atomic mass is 32.1. The van der Waals surface area contributed by atoms with Gasteiger partial charge in [-0.2, -0.15) is 0 Å². The molecule has 0 aromatic carbocycles. The average molecular weight is 304 g/mol. The van der Waals surface area contributed by atoms with Crippen LogP contribution in [0.25, 0.3) is 11.2 Å². The van der Waals surface area contributed by atoms with Crippen molar-refractivity contribution in [2.45, 2.75) is 33.2 Å². The van der Waals surface area contributed by atoms with Crippen LogP contribution in [-0.2, 0) is 6.42 Å². The quantitative estimate of drug-likeness (QED) is 0.743. The maximum absolute atomic E-state index is 5.45. The summed E-state index contributed by atoms with van der Waals surface area (Å²) < 4.78 is 2.74. The fourth-order valence-electron chi connectivity index (χ4n) is 2.27. The van der Waals surface area contributed by atoms with E-state index in [0.717, 1.165) is 28.2 Å². The third kappa shape index (κ3) is 2.19. The van der Waals surface area contributed by atoms with E-state index in [1.165, 1.54) is 4.88 Å². The van der Waals surface area contributed by atoms with Crippen molar-refractivity contribution in [1.82, 2.24) is 19.5 Å². The summed E-state index contributed by atoms with van der Waals surface area (Å²) in [7, 11) is 0. The lowest BCUT2D eigenvalue weighted by molar-refractivity contribution is 0.639. The standard InChI is InChI=1S/C14H16N4S2/c1-4-10-7-16-13(20-10)9(3)18-12-11(17-14(18)19)5-8(2)6-15-12/h5-7,9H,4H2,1-3H3,(H,17,19). The molecule has 0 aliphatic rings. The summed E-state index contributed by atoms with van der Waals surface area (Å²) >= 11 is 7.19. The Hall–Kier alpha value is -1.53. The van der Waals surface area contributed by atoms with E-state index in [1.807, 2.05) is 23.9 Å². The highest BCUT2D eigenvalue weighted by molar-refractivity contribution is 7.71. The lowest BCUT2D eigenvalue weighted by Crippen LogP contribution is -2.07. The molecule has 1 N–H and O–H groups in total. The molecule has 0 saturated heterocycles. The summed E-state index contributed by atoms with van der Waals surface area (Å²) in [5.41, 5.74) is 2.99. The molecule has 20 heavy (non-hydrogen) atoms. The SMILES string of the molecule is CCc1cnc(C(C)n2c(=S)[nH]c3cc(C)cnc32)s1. The monoisotopic (exact) mass is 304 g/mol. The van der Waals surface area contributed by atoms with E-state index in [4.69, 9.17) is 12.2 Å². The van der Waals surface area contributed by atoms with Gasteiger partial charge in [0.2, 0.25) is 0 Å². The van der Waals surface area contributed by atoms with Crippen LogP contribution in [0.15, 0.2) is 18.5 Å². The van der Waals surface area contributed by atoms with Gasteiger partial charge in [-0.15, -0.1) is 11.3 Å². The molecule has 1 atom stereocenters. The van der Waals surface area contributed by atoms with Crippen LogP contribution in [0, 0.1) is 11.7 Å². The molecule has 0 amide bonds. The van der Waals surface area contributed by atoms with Gasteiger partial charge >= 0.3 is 0 Å². The van der Waals surface area contributed by atoms with Crippen molar-refractivity contribution in [2.75, 3.05) is 0 Å². The molecule has 0 aliphatic carbocycles. The zero-order valence-corrected chi connectivity index (χ0v) is 13.3. The van der Waals surface area contributed by atoms with Crippen LogP contribution >= 0.6 is 23.6 Å². The normalized spacial score (nSPS) is 12.9. The van der Waals surface area contributed by atoms with Crippen LogP contribution in [0.4, 0.5) is 0 Å². The van der Waals surface area contributed by atoms with Gasteiger partial charge in [0.05, 0.1) is 11.6 Å². The van der Waals surface area contributed by atoms with E-state index in [0.29, 0.717) is 4.77 Å². The van der Waals surface area contributed by atoms with Crippen molar-refractivity contribution < 1.29 is 0 Å². The Morgan fingerprint density at radius 1 is 1.40 bits per heavy atom. The number of aromatic nitrogens is 4. The first-order chi connectivity index (χ1) is 9.60. The number of fused-ring (bicyclic) bond motifs is 1. The van der Waals surface area contributed by atoms with Gasteiger partial charge in [0.1, 0.15) is 5.01 Å². The number of aryl methyl sites for hydroxylation is 2. The summed E-state index contributed by atoms with van der Waals surface area (Å²) in [4.78, 5) is 13.6. The summed E-state index contributed by atoms with van der Waals surface area (Å²) in [5.74, 6) is 0. The van der Waals surface area contributed by atoms with E-state index in [1.54, 1.807) is 11.3 Å². The Morgan fingerprint density at radius 3 is 2.90 bits per heavy atom. The minimum Gasteiger partial charge on any atom is -0.329 e. The van der Waals surface area contributed by atoms with Crippen LogP contribution in [0.3, 0.4) is 0 Å². The summed E-state index contributed by atoms with van der Waals surface area (Å²) in [5, 5.41) is 1.07. The van der Waals surface area contributed by atoms with Gasteiger partial charge in [-0.3, -0.25) is 4.57 Å². The number of thiazole rings is 1. The van der Waals surface area contributed by atoms with E-state index < -0.39 is 0 Å². The molecule has 104 valence electrons. The Balaban J connectivity index is 2.13. The maximum atomic E-state index is 5.45. The molecule has 0 aliphatic heterocycles. The van der Waals surface area contributed by atoms with Gasteiger partial charge in [-0.05, 0) is 44.1 Å². The molecular weight excluding hydrogens is 288 g/mol. The van der Waals surface area contributed by atoms with Crippen molar-refractivity contribution in [3.05, 3.63) is 38.7 Å². The van der Waals surface area contributed by atoms with Crippen LogP contribution in [0.5, 0.6) is 0 Å². The molecule has 3 aromatic heterocycles. The predicted octanol–water partition coefficient (Wildman–Crippen LogP) is 4.03. The lowest BCUT2D eigenvalue weighted by Gasteiger charge is -2.11. The molecular formula is C14H16N4S2. The van der Waals surface area contributed by atoms with Crippen molar-refractivity contribution in [3.63, 3.8) is 0 Å². The molecule has 0 radical (unpaired) electrons. The molecule has 0 bridgehead atoms. The van der Waals surface area contributed by atoms with Gasteiger partial charge in [0, 0.05) is 17.3 Å². The first-order valence-electron chi connectivity index (χ1n) is 6.61. The minimum atomic E-state index is 0.0942. The number of H-pyrrole nitrogens is 1. The Morgan fingerprint density at radius 2 is 2.20 bits per heavy atom. The average Bonchev–Trinajstić information content (AvgIpc) is 3.01. The molecule has 4 nitrogen and oxygen atoms in total. The third-order valence-corrected chi connectivity index (χ3v) is 4.97. The minimum absolute atomic E-state index is 0.0942. The van der Waals surface area contributed by atoms with Gasteiger partial charge in [-0.1, -0.05) is 6.92 Å². The number of hydrogen-bond acceptors (Lipinski definition) is 4. The Kier molecular flexibility index (Phi) is 3.43. The molecule has 3 rings (SSSR count). The van der Waals surface area contributed by atoms with Crippen molar-refractivity contribution in [1.29, 1.82) is 0 Å². The first-order valence-corrected chi connectivity index (χ1v) is 7.84. The van der Waals surface area contributed by atoms with E-state index >= 15 is 0 Å². The second-order valence-corrected chi connectivity index (χ2v) is 6.41. The van der Waals surface area contributed by atoms with Gasteiger partial charge in [0.25, 0.3) is 0 Å². The van der Waals surface area contributed by atoms with Crippen LogP contribution in [0.1, 0.15) is 35.3 Å². The van der Waals surface area contributed by atoms with Crippen molar-refractivity contribution >= 4 is 34.7 Å². The number of nitrogens with zero attached hydrogens (tertiary/aromatic N) is 3. The number of rotatable bonds is 3. The van der Waals surface area contributed by atoms with Gasteiger partial charge < -0.3 is 4.98 Å². The van der Waals surface area contributed by atoms with Crippen LogP contribution < -0.4 is 0 Å². The molecule has 0 fully saturated rings. The molecule has 0 saturated carbocycles. The topological polar surface area (TPSA) is 46.5 Å². The van der Waals surface area contributed by atoms with Crippen molar-refractivity contribution in [3.8, 4) is 0 Å². The molecule has 0 spiro atoms. The molecule has 3 heterocycles. The number of imidazole rings is 1. The largest absolute Gasteiger partial charge is 0.329 e. The second kappa shape index (κ2) is 5.10. The summed E-state index contributed by atoms with van der Waals surface area (Å²) in [6.07, 6.45) is 4.83. The lowest BCUT2D eigenvalue weighted by atomic mass is 10.3. The van der Waals surface area contributed by atoms with Crippen molar-refractivity contribution in [2.24, 2.45) is 0 Å². The fraction of sp³-hybridized carbons (Fsp3) is 0.357. The molecule has 1 unspecified atom stereocenters. The summed E-state index contributed by atoms with van der Waals surface area (Å²) in [6, 6.07) is 2.16. The Bertz CT molecular complexity index is 812. The predicted molar refractivity (Wildman–Crippen MR) is 85.0 cm³/mol. The fourth-order valence-corrected chi connectivity index (χ4v) is 3.52. The van der Waals surface area contributed by atoms with Crippen LogP contribution in [0.2, 0.25) is 0 Å². The smallest absolute Gasteiger partial charge is 0.179 e. The van der Waals surface area contributed by atoms with Crippen LogP contribution in [-0.4, -0.2) is 19.5 Å². The maximum Gasteiger partial charge on any atom is 0.179 e. The number of aromatic amines is 1. The number of pyridine rings is 1. The highest BCUT2D eigenvalue weighted by Gasteiger charge is 2.17. The van der Waals surface area contributed by atoms with E-state index in [-0.39, 0.29) is 6.04 Å². The first kappa shape index (κ1) is 13.5. The number of hydrogen-bond donors (Lipinski definition) is 1. The zero-order valence-electron chi connectivity index (χ0n) is 11.7. The second-order valence-electron chi connectivity index (χ2n) is 4.88. The van der Waals surface area contributed by atoms with Gasteiger partial charge in [-0.25, -0.2) is 9.97 Å². The Labute approximate surface area is 126 Å². The molecule has 3 aromatic rings. The third-order valence-electron chi connectivity index (χ3n) is 3.36. The van der Waals surface area contributed by atoms with Gasteiger partial charge in [0.15, 0.2) is 10.4 Å². The zero-order chi connectivity index (χ0) is 14.3. The molecule has 6 heteroatoms. The highest BCUT2D eigenvalue weighted by Crippen LogP contribution is 2.27. The van der Waals surface area contributed by atoms with E-state index in [2.05, 4.69) is 34.9 Å².